The highest BCUT2D eigenvalue weighted by Crippen LogP contribution is 2.34. The lowest BCUT2D eigenvalue weighted by Crippen LogP contribution is -2.42. The molecule has 31 heavy (non-hydrogen) atoms. The molecular formula is C25H29ClN2O3. The zero-order chi connectivity index (χ0) is 21.4. The van der Waals surface area contributed by atoms with Gasteiger partial charge in [-0.2, -0.15) is 0 Å². The molecule has 2 aromatic rings. The number of methoxy groups -OCH3 is 1. The monoisotopic (exact) mass is 440 g/mol. The summed E-state index contributed by atoms with van der Waals surface area (Å²) in [7, 11) is 1.66. The van der Waals surface area contributed by atoms with Gasteiger partial charge in [-0.05, 0) is 54.9 Å². The van der Waals surface area contributed by atoms with Crippen LogP contribution in [0.5, 0.6) is 5.75 Å². The summed E-state index contributed by atoms with van der Waals surface area (Å²) < 4.78 is 11.1. The van der Waals surface area contributed by atoms with Crippen molar-refractivity contribution in [2.24, 2.45) is 5.92 Å². The van der Waals surface area contributed by atoms with Gasteiger partial charge >= 0.3 is 6.09 Å². The van der Waals surface area contributed by atoms with Crippen LogP contribution in [0.15, 0.2) is 24.3 Å². The van der Waals surface area contributed by atoms with E-state index < -0.39 is 0 Å². The van der Waals surface area contributed by atoms with Crippen LogP contribution in [-0.2, 0) is 11.2 Å². The molecule has 164 valence electrons. The first kappa shape index (κ1) is 20.5. The van der Waals surface area contributed by atoms with Crippen molar-refractivity contribution in [3.63, 3.8) is 0 Å². The van der Waals surface area contributed by atoms with Crippen molar-refractivity contribution in [3.05, 3.63) is 51.7 Å². The minimum Gasteiger partial charge on any atom is -0.497 e. The van der Waals surface area contributed by atoms with E-state index in [0.29, 0.717) is 19.1 Å². The van der Waals surface area contributed by atoms with Crippen LogP contribution in [0.3, 0.4) is 0 Å². The van der Waals surface area contributed by atoms with Gasteiger partial charge in [0.1, 0.15) is 11.8 Å². The van der Waals surface area contributed by atoms with Crippen LogP contribution >= 0.6 is 11.6 Å². The van der Waals surface area contributed by atoms with Crippen LogP contribution in [0.4, 0.5) is 4.79 Å². The smallest absolute Gasteiger partial charge is 0.410 e. The largest absolute Gasteiger partial charge is 0.497 e. The number of hydrogen-bond acceptors (Lipinski definition) is 3. The van der Waals surface area contributed by atoms with Gasteiger partial charge in [0.2, 0.25) is 0 Å². The van der Waals surface area contributed by atoms with Gasteiger partial charge in [0.05, 0.1) is 19.1 Å². The first-order valence-electron chi connectivity index (χ1n) is 11.3. The Bertz CT molecular complexity index is 1070. The Hall–Kier alpha value is -2.40. The van der Waals surface area contributed by atoms with Crippen LogP contribution in [0.25, 0.3) is 12.2 Å². The number of ether oxygens (including phenoxy) is 2. The highest BCUT2D eigenvalue weighted by Gasteiger charge is 2.35. The molecule has 2 aliphatic carbocycles. The van der Waals surface area contributed by atoms with E-state index in [-0.39, 0.29) is 17.5 Å². The van der Waals surface area contributed by atoms with Crippen LogP contribution in [0.1, 0.15) is 55.0 Å². The number of aromatic nitrogens is 1. The number of fused-ring (bicyclic) bond motifs is 3. The van der Waals surface area contributed by atoms with Crippen LogP contribution in [0.2, 0.25) is 0 Å². The molecule has 1 aromatic carbocycles. The number of benzene rings is 1. The molecule has 1 fully saturated rings. The van der Waals surface area contributed by atoms with E-state index in [9.17, 15) is 4.79 Å². The Balaban J connectivity index is 1.51. The molecule has 2 heterocycles. The Morgan fingerprint density at radius 2 is 2.00 bits per heavy atom. The van der Waals surface area contributed by atoms with E-state index in [1.54, 1.807) is 7.11 Å². The molecule has 1 unspecified atom stereocenters. The zero-order valence-corrected chi connectivity index (χ0v) is 18.7. The van der Waals surface area contributed by atoms with Crippen LogP contribution in [-0.4, -0.2) is 41.6 Å². The molecule has 0 spiro atoms. The number of carbonyl (C=O) groups excluding carboxylic acids is 1. The standard InChI is InChI=1S/C25H29ClN2O3/c1-30-19-9-6-17(7-10-19)24-23-20(21-14-18(26)8-11-22(21)27-23)12-13-28(24)25(29)31-15-16-4-2-3-5-16/h6-7,9-11,14,16,18,24,27H,2-5,8,12-13,15H2,1H3/t18?,24-/m0/s1. The number of rotatable bonds is 4. The van der Waals surface area contributed by atoms with Gasteiger partial charge in [0.15, 0.2) is 0 Å². The summed E-state index contributed by atoms with van der Waals surface area (Å²) in [6, 6.07) is 7.75. The average molecular weight is 441 g/mol. The quantitative estimate of drug-likeness (QED) is 0.734. The van der Waals surface area contributed by atoms with Gasteiger partial charge in [-0.15, -0.1) is 11.6 Å². The van der Waals surface area contributed by atoms with Crippen molar-refractivity contribution in [2.75, 3.05) is 20.3 Å². The van der Waals surface area contributed by atoms with Gasteiger partial charge in [-0.3, -0.25) is 4.90 Å². The van der Waals surface area contributed by atoms with Crippen molar-refractivity contribution in [2.45, 2.75) is 49.9 Å². The zero-order valence-electron chi connectivity index (χ0n) is 17.9. The Morgan fingerprint density at radius 1 is 1.23 bits per heavy atom. The molecule has 0 radical (unpaired) electrons. The fourth-order valence-corrected chi connectivity index (χ4v) is 5.44. The number of aromatic amines is 1. The molecule has 1 aromatic heterocycles. The van der Waals surface area contributed by atoms with Gasteiger partial charge in [-0.1, -0.05) is 37.1 Å². The summed E-state index contributed by atoms with van der Waals surface area (Å²) in [4.78, 5) is 18.7. The third-order valence-corrected chi connectivity index (χ3v) is 7.18. The summed E-state index contributed by atoms with van der Waals surface area (Å²) in [5.41, 5.74) is 3.37. The van der Waals surface area contributed by atoms with E-state index in [1.807, 2.05) is 29.2 Å². The normalized spacial score (nSPS) is 22.8. The van der Waals surface area contributed by atoms with E-state index in [2.05, 4.69) is 17.1 Å². The number of halogens is 1. The van der Waals surface area contributed by atoms with Gasteiger partial charge in [0, 0.05) is 22.8 Å². The fourth-order valence-electron chi connectivity index (χ4n) is 5.22. The summed E-state index contributed by atoms with van der Waals surface area (Å²) in [5.74, 6) is 1.30. The molecule has 2 atom stereocenters. The topological polar surface area (TPSA) is 54.6 Å². The predicted molar refractivity (Wildman–Crippen MR) is 122 cm³/mol. The minimum atomic E-state index is -0.228. The number of H-pyrrole nitrogens is 1. The second kappa shape index (κ2) is 8.62. The molecule has 6 heteroatoms. The Morgan fingerprint density at radius 3 is 2.74 bits per heavy atom. The number of nitrogens with one attached hydrogen (secondary N) is 1. The third kappa shape index (κ3) is 3.96. The van der Waals surface area contributed by atoms with Crippen molar-refractivity contribution < 1.29 is 14.3 Å². The lowest BCUT2D eigenvalue weighted by molar-refractivity contribution is 0.0762. The molecule has 0 saturated heterocycles. The predicted octanol–water partition coefficient (Wildman–Crippen LogP) is 3.87. The van der Waals surface area contributed by atoms with Crippen molar-refractivity contribution >= 4 is 29.8 Å². The minimum absolute atomic E-state index is 0.0150. The van der Waals surface area contributed by atoms with Crippen LogP contribution in [0, 0.1) is 5.92 Å². The molecule has 5 nitrogen and oxygen atoms in total. The number of nitrogens with zero attached hydrogens (tertiary/aromatic N) is 1. The summed E-state index contributed by atoms with van der Waals surface area (Å²) >= 11 is 6.41. The summed E-state index contributed by atoms with van der Waals surface area (Å²) in [6.07, 6.45) is 10.5. The maximum absolute atomic E-state index is 13.2. The van der Waals surface area contributed by atoms with E-state index >= 15 is 0 Å². The molecule has 1 amide bonds. The van der Waals surface area contributed by atoms with Crippen molar-refractivity contribution in [3.8, 4) is 5.75 Å². The third-order valence-electron chi connectivity index (χ3n) is 6.88. The van der Waals surface area contributed by atoms with E-state index in [0.717, 1.165) is 48.0 Å². The molecular weight excluding hydrogens is 412 g/mol. The Kier molecular flexibility index (Phi) is 5.70. The summed E-state index contributed by atoms with van der Waals surface area (Å²) in [5, 5.41) is 2.32. The van der Waals surface area contributed by atoms with E-state index in [4.69, 9.17) is 21.1 Å². The molecule has 3 aliphatic rings. The first-order chi connectivity index (χ1) is 15.1. The molecule has 0 bridgehead atoms. The maximum Gasteiger partial charge on any atom is 0.410 e. The lowest BCUT2D eigenvalue weighted by atomic mass is 9.92. The number of amides is 1. The van der Waals surface area contributed by atoms with Crippen molar-refractivity contribution in [1.82, 2.24) is 9.88 Å². The van der Waals surface area contributed by atoms with Gasteiger partial charge in [-0.25, -0.2) is 4.79 Å². The fraction of sp³-hybridized carbons (Fsp3) is 0.480. The number of carbonyl (C=O) groups is 1. The second-order valence-corrected chi connectivity index (χ2v) is 9.37. The molecule has 1 N–H and O–H groups in total. The maximum atomic E-state index is 13.2. The van der Waals surface area contributed by atoms with Gasteiger partial charge < -0.3 is 14.5 Å². The molecule has 5 rings (SSSR count). The highest BCUT2D eigenvalue weighted by atomic mass is 35.5. The Labute approximate surface area is 187 Å². The average Bonchev–Trinajstić information content (AvgIpc) is 3.44. The van der Waals surface area contributed by atoms with E-state index in [1.165, 1.54) is 23.6 Å². The highest BCUT2D eigenvalue weighted by molar-refractivity contribution is 6.24. The number of hydrogen-bond donors (Lipinski definition) is 1. The van der Waals surface area contributed by atoms with Crippen molar-refractivity contribution in [1.29, 1.82) is 0 Å². The van der Waals surface area contributed by atoms with Gasteiger partial charge in [0.25, 0.3) is 0 Å². The number of alkyl halides is 1. The lowest BCUT2D eigenvalue weighted by Gasteiger charge is -2.35. The first-order valence-corrected chi connectivity index (χ1v) is 11.7. The SMILES string of the molecule is COc1ccc([C@H]2c3[nH]c4c(c3CCN2C(=O)OCC2CCCC2)=CC(Cl)CC=4)cc1. The van der Waals surface area contributed by atoms with Crippen LogP contribution < -0.4 is 15.3 Å². The summed E-state index contributed by atoms with van der Waals surface area (Å²) in [6.45, 7) is 1.15. The molecule has 1 saturated carbocycles. The second-order valence-electron chi connectivity index (χ2n) is 8.81. The molecule has 1 aliphatic heterocycles.